The van der Waals surface area contributed by atoms with Gasteiger partial charge in [-0.05, 0) is 31.6 Å². The number of rotatable bonds is 4. The normalized spacial score (nSPS) is 22.8. The summed E-state index contributed by atoms with van der Waals surface area (Å²) >= 11 is 0. The summed E-state index contributed by atoms with van der Waals surface area (Å²) in [7, 11) is 0. The molecular formula is C18H34N4O2. The molecule has 0 aromatic heterocycles. The molecule has 6 heteroatoms. The highest BCUT2D eigenvalue weighted by atomic mass is 16.5. The van der Waals surface area contributed by atoms with Crippen molar-refractivity contribution >= 4 is 11.9 Å². The summed E-state index contributed by atoms with van der Waals surface area (Å²) < 4.78 is 5.52. The fraction of sp³-hybridized carbons (Fsp3) is 0.889. The van der Waals surface area contributed by atoms with Crippen LogP contribution in [0.5, 0.6) is 0 Å². The first-order valence-corrected chi connectivity index (χ1v) is 9.34. The van der Waals surface area contributed by atoms with Gasteiger partial charge in [-0.25, -0.2) is 0 Å². The predicted octanol–water partition coefficient (Wildman–Crippen LogP) is 1.71. The second-order valence-electron chi connectivity index (χ2n) is 7.86. The summed E-state index contributed by atoms with van der Waals surface area (Å²) in [5, 5.41) is 3.39. The maximum absolute atomic E-state index is 12.4. The smallest absolute Gasteiger partial charge is 0.251 e. The van der Waals surface area contributed by atoms with Crippen LogP contribution in [0, 0.1) is 5.41 Å². The van der Waals surface area contributed by atoms with Crippen LogP contribution >= 0.6 is 0 Å². The van der Waals surface area contributed by atoms with Gasteiger partial charge in [-0.2, -0.15) is 0 Å². The third kappa shape index (κ3) is 5.65. The molecule has 0 aromatic carbocycles. The van der Waals surface area contributed by atoms with E-state index in [1.807, 2.05) is 4.90 Å². The number of hydrogen-bond acceptors (Lipinski definition) is 3. The lowest BCUT2D eigenvalue weighted by Gasteiger charge is -2.37. The Morgan fingerprint density at radius 2 is 1.88 bits per heavy atom. The van der Waals surface area contributed by atoms with Gasteiger partial charge in [0, 0.05) is 45.9 Å². The standard InChI is InChI=1S/C18H34N4O2/c1-5-19-17(20-9-8-18(2,3)4)22-12-10-21(11-13-22)16(23)15-7-6-14-24-15/h15H,5-14H2,1-4H3,(H,19,20). The molecule has 0 radical (unpaired) electrons. The largest absolute Gasteiger partial charge is 0.368 e. The predicted molar refractivity (Wildman–Crippen MR) is 97.2 cm³/mol. The zero-order valence-corrected chi connectivity index (χ0v) is 15.8. The van der Waals surface area contributed by atoms with Gasteiger partial charge in [0.05, 0.1) is 0 Å². The quantitative estimate of drug-likeness (QED) is 0.626. The molecule has 2 fully saturated rings. The Bertz CT molecular complexity index is 431. The molecule has 1 N–H and O–H groups in total. The van der Waals surface area contributed by atoms with Crippen molar-refractivity contribution in [1.29, 1.82) is 0 Å². The number of carbonyl (C=O) groups is 1. The zero-order valence-electron chi connectivity index (χ0n) is 15.8. The SMILES string of the molecule is CCNC(=NCCC(C)(C)C)N1CCN(C(=O)C2CCCO2)CC1. The first-order chi connectivity index (χ1) is 11.4. The highest BCUT2D eigenvalue weighted by molar-refractivity contribution is 5.82. The van der Waals surface area contributed by atoms with E-state index in [4.69, 9.17) is 9.73 Å². The fourth-order valence-corrected chi connectivity index (χ4v) is 3.04. The molecule has 1 unspecified atom stereocenters. The van der Waals surface area contributed by atoms with Crippen molar-refractivity contribution in [3.8, 4) is 0 Å². The number of piperazine rings is 1. The Morgan fingerprint density at radius 3 is 2.42 bits per heavy atom. The Labute approximate surface area is 146 Å². The van der Waals surface area contributed by atoms with Crippen molar-refractivity contribution in [3.05, 3.63) is 0 Å². The van der Waals surface area contributed by atoms with Gasteiger partial charge < -0.3 is 19.9 Å². The Balaban J connectivity index is 1.85. The molecule has 2 saturated heterocycles. The molecule has 138 valence electrons. The van der Waals surface area contributed by atoms with E-state index in [1.165, 1.54) is 0 Å². The maximum Gasteiger partial charge on any atom is 0.251 e. The maximum atomic E-state index is 12.4. The molecule has 0 saturated carbocycles. The fourth-order valence-electron chi connectivity index (χ4n) is 3.04. The molecule has 0 aliphatic carbocycles. The van der Waals surface area contributed by atoms with Crippen molar-refractivity contribution in [3.63, 3.8) is 0 Å². The van der Waals surface area contributed by atoms with Crippen LogP contribution in [0.4, 0.5) is 0 Å². The van der Waals surface area contributed by atoms with E-state index in [0.717, 1.165) is 71.1 Å². The summed E-state index contributed by atoms with van der Waals surface area (Å²) in [5.41, 5.74) is 0.299. The van der Waals surface area contributed by atoms with Gasteiger partial charge >= 0.3 is 0 Å². The van der Waals surface area contributed by atoms with Crippen LogP contribution in [0.2, 0.25) is 0 Å². The number of nitrogens with one attached hydrogen (secondary N) is 1. The Hall–Kier alpha value is -1.30. The molecule has 2 heterocycles. The van der Waals surface area contributed by atoms with E-state index in [9.17, 15) is 4.79 Å². The zero-order chi connectivity index (χ0) is 17.6. The molecule has 2 rings (SSSR count). The number of nitrogens with zero attached hydrogens (tertiary/aromatic N) is 3. The van der Waals surface area contributed by atoms with Crippen LogP contribution in [0.15, 0.2) is 4.99 Å². The molecule has 1 amide bonds. The lowest BCUT2D eigenvalue weighted by atomic mass is 9.92. The van der Waals surface area contributed by atoms with E-state index in [-0.39, 0.29) is 12.0 Å². The van der Waals surface area contributed by atoms with Crippen molar-refractivity contribution in [2.24, 2.45) is 10.4 Å². The molecule has 2 aliphatic rings. The van der Waals surface area contributed by atoms with Crippen molar-refractivity contribution in [2.45, 2.75) is 53.1 Å². The summed E-state index contributed by atoms with van der Waals surface area (Å²) in [6.07, 6.45) is 2.74. The average Bonchev–Trinajstić information content (AvgIpc) is 3.07. The molecule has 24 heavy (non-hydrogen) atoms. The number of carbonyl (C=O) groups excluding carboxylic acids is 1. The number of guanidine groups is 1. The van der Waals surface area contributed by atoms with Crippen LogP contribution in [-0.4, -0.2) is 73.6 Å². The molecule has 0 spiro atoms. The Morgan fingerprint density at radius 1 is 1.21 bits per heavy atom. The van der Waals surface area contributed by atoms with Crippen LogP contribution in [0.25, 0.3) is 0 Å². The van der Waals surface area contributed by atoms with Crippen molar-refractivity contribution in [1.82, 2.24) is 15.1 Å². The van der Waals surface area contributed by atoms with Gasteiger partial charge in [-0.1, -0.05) is 20.8 Å². The average molecular weight is 338 g/mol. The summed E-state index contributed by atoms with van der Waals surface area (Å²) in [5.74, 6) is 1.15. The van der Waals surface area contributed by atoms with Crippen LogP contribution in [-0.2, 0) is 9.53 Å². The molecule has 0 aromatic rings. The van der Waals surface area contributed by atoms with Crippen LogP contribution < -0.4 is 5.32 Å². The Kier molecular flexibility index (Phi) is 6.90. The van der Waals surface area contributed by atoms with Crippen LogP contribution in [0.1, 0.15) is 47.0 Å². The minimum Gasteiger partial charge on any atom is -0.368 e. The first kappa shape index (κ1) is 19.0. The summed E-state index contributed by atoms with van der Waals surface area (Å²) in [6, 6.07) is 0. The van der Waals surface area contributed by atoms with E-state index in [2.05, 4.69) is 37.9 Å². The minimum absolute atomic E-state index is 0.168. The van der Waals surface area contributed by atoms with Gasteiger partial charge in [0.15, 0.2) is 5.96 Å². The number of hydrogen-bond donors (Lipinski definition) is 1. The lowest BCUT2D eigenvalue weighted by molar-refractivity contribution is -0.142. The van der Waals surface area contributed by atoms with Crippen LogP contribution in [0.3, 0.4) is 0 Å². The molecule has 1 atom stereocenters. The van der Waals surface area contributed by atoms with E-state index < -0.39 is 0 Å². The van der Waals surface area contributed by atoms with Gasteiger partial charge in [-0.3, -0.25) is 9.79 Å². The van der Waals surface area contributed by atoms with Gasteiger partial charge in [0.2, 0.25) is 0 Å². The number of aliphatic imine (C=N–C) groups is 1. The molecular weight excluding hydrogens is 304 g/mol. The van der Waals surface area contributed by atoms with E-state index in [0.29, 0.717) is 5.41 Å². The van der Waals surface area contributed by atoms with Crippen molar-refractivity contribution < 1.29 is 9.53 Å². The summed E-state index contributed by atoms with van der Waals surface area (Å²) in [4.78, 5) is 21.4. The van der Waals surface area contributed by atoms with E-state index in [1.54, 1.807) is 0 Å². The third-order valence-corrected chi connectivity index (χ3v) is 4.55. The monoisotopic (exact) mass is 338 g/mol. The minimum atomic E-state index is -0.203. The second-order valence-corrected chi connectivity index (χ2v) is 7.86. The number of ether oxygens (including phenoxy) is 1. The van der Waals surface area contributed by atoms with Gasteiger partial charge in [0.25, 0.3) is 5.91 Å². The first-order valence-electron chi connectivity index (χ1n) is 9.34. The van der Waals surface area contributed by atoms with Crippen molar-refractivity contribution in [2.75, 3.05) is 45.9 Å². The van der Waals surface area contributed by atoms with Gasteiger partial charge in [0.1, 0.15) is 6.10 Å². The highest BCUT2D eigenvalue weighted by Gasteiger charge is 2.30. The summed E-state index contributed by atoms with van der Waals surface area (Å²) in [6.45, 7) is 14.4. The molecule has 0 bridgehead atoms. The van der Waals surface area contributed by atoms with Gasteiger partial charge in [-0.15, -0.1) is 0 Å². The molecule has 2 aliphatic heterocycles. The lowest BCUT2D eigenvalue weighted by Crippen LogP contribution is -2.55. The second kappa shape index (κ2) is 8.70. The number of amides is 1. The third-order valence-electron chi connectivity index (χ3n) is 4.55. The highest BCUT2D eigenvalue weighted by Crippen LogP contribution is 2.18. The molecule has 6 nitrogen and oxygen atoms in total. The van der Waals surface area contributed by atoms with E-state index >= 15 is 0 Å². The topological polar surface area (TPSA) is 57.2 Å².